The molecule has 0 unspecified atom stereocenters. The van der Waals surface area contributed by atoms with E-state index >= 15 is 0 Å². The van der Waals surface area contributed by atoms with Gasteiger partial charge < -0.3 is 14.4 Å². The Balaban J connectivity index is 1.64. The molecule has 3 heterocycles. The van der Waals surface area contributed by atoms with E-state index in [1.807, 2.05) is 44.2 Å². The highest BCUT2D eigenvalue weighted by Crippen LogP contribution is 2.26. The van der Waals surface area contributed by atoms with Crippen molar-refractivity contribution in [3.05, 3.63) is 48.2 Å². The lowest BCUT2D eigenvalue weighted by atomic mass is 10.1. The van der Waals surface area contributed by atoms with Crippen LogP contribution in [-0.2, 0) is 14.3 Å². The van der Waals surface area contributed by atoms with Crippen LogP contribution in [0.3, 0.4) is 0 Å². The van der Waals surface area contributed by atoms with Crippen molar-refractivity contribution in [3.8, 4) is 11.3 Å². The van der Waals surface area contributed by atoms with Crippen LogP contribution in [0.2, 0.25) is 0 Å². The molecular weight excluding hydrogens is 384 g/mol. The predicted molar refractivity (Wildman–Crippen MR) is 111 cm³/mol. The second-order valence-corrected chi connectivity index (χ2v) is 7.41. The zero-order valence-electron chi connectivity index (χ0n) is 17.1. The molecule has 8 nitrogen and oxygen atoms in total. The molecule has 1 saturated heterocycles. The number of carbonyl (C=O) groups excluding carboxylic acids is 2. The number of nitrogens with zero attached hydrogens (tertiary/aromatic N) is 4. The van der Waals surface area contributed by atoms with Gasteiger partial charge in [0.15, 0.2) is 12.3 Å². The molecule has 8 heteroatoms. The van der Waals surface area contributed by atoms with Crippen LogP contribution in [0.15, 0.2) is 42.6 Å². The highest BCUT2D eigenvalue weighted by atomic mass is 16.5. The smallest absolute Gasteiger partial charge is 0.339 e. The van der Waals surface area contributed by atoms with Gasteiger partial charge in [-0.2, -0.15) is 5.10 Å². The van der Waals surface area contributed by atoms with Gasteiger partial charge in [0.05, 0.1) is 36.1 Å². The fraction of sp³-hybridized carbons (Fsp3) is 0.364. The molecule has 30 heavy (non-hydrogen) atoms. The standard InChI is InChI=1S/C22H24N4O4/c1-15(2)26-21-18(13-23-26)17(12-19(24-21)16-6-4-3-5-7-16)22(28)30-14-20(27)25-8-10-29-11-9-25/h3-7,12-13,15H,8-11,14H2,1-2H3. The maximum absolute atomic E-state index is 12.9. The van der Waals surface area contributed by atoms with Crippen LogP contribution in [0.4, 0.5) is 0 Å². The van der Waals surface area contributed by atoms with Gasteiger partial charge in [0.25, 0.3) is 5.91 Å². The molecule has 156 valence electrons. The number of ether oxygens (including phenoxy) is 2. The van der Waals surface area contributed by atoms with Crippen LogP contribution >= 0.6 is 0 Å². The Morgan fingerprint density at radius 1 is 1.17 bits per heavy atom. The molecule has 0 atom stereocenters. The summed E-state index contributed by atoms with van der Waals surface area (Å²) in [6.07, 6.45) is 1.62. The molecule has 1 fully saturated rings. The third-order valence-electron chi connectivity index (χ3n) is 5.04. The number of hydrogen-bond donors (Lipinski definition) is 0. The third kappa shape index (κ3) is 4.04. The molecule has 0 radical (unpaired) electrons. The van der Waals surface area contributed by atoms with Crippen molar-refractivity contribution in [3.63, 3.8) is 0 Å². The monoisotopic (exact) mass is 408 g/mol. The van der Waals surface area contributed by atoms with E-state index in [1.165, 1.54) is 0 Å². The summed E-state index contributed by atoms with van der Waals surface area (Å²) in [6.45, 7) is 5.72. The molecule has 0 spiro atoms. The number of pyridine rings is 1. The number of fused-ring (bicyclic) bond motifs is 1. The van der Waals surface area contributed by atoms with E-state index in [0.717, 1.165) is 5.56 Å². The average molecular weight is 408 g/mol. The SMILES string of the molecule is CC(C)n1ncc2c(C(=O)OCC(=O)N3CCOCC3)cc(-c3ccccc3)nc21. The lowest BCUT2D eigenvalue weighted by Crippen LogP contribution is -2.42. The topological polar surface area (TPSA) is 86.6 Å². The number of morpholine rings is 1. The Morgan fingerprint density at radius 3 is 2.60 bits per heavy atom. The number of esters is 1. The summed E-state index contributed by atoms with van der Waals surface area (Å²) >= 11 is 0. The Kier molecular flexibility index (Phi) is 5.76. The van der Waals surface area contributed by atoms with Gasteiger partial charge in [0.2, 0.25) is 0 Å². The first-order chi connectivity index (χ1) is 14.5. The minimum Gasteiger partial charge on any atom is -0.452 e. The van der Waals surface area contributed by atoms with Gasteiger partial charge in [-0.1, -0.05) is 30.3 Å². The first-order valence-corrected chi connectivity index (χ1v) is 10.0. The summed E-state index contributed by atoms with van der Waals surface area (Å²) in [4.78, 5) is 31.7. The second kappa shape index (κ2) is 8.62. The molecule has 0 aliphatic carbocycles. The lowest BCUT2D eigenvalue weighted by molar-refractivity contribution is -0.138. The first-order valence-electron chi connectivity index (χ1n) is 10.0. The molecule has 0 N–H and O–H groups in total. The van der Waals surface area contributed by atoms with Crippen molar-refractivity contribution in [2.24, 2.45) is 0 Å². The number of aromatic nitrogens is 3. The summed E-state index contributed by atoms with van der Waals surface area (Å²) in [6, 6.07) is 11.4. The molecule has 3 aromatic rings. The summed E-state index contributed by atoms with van der Waals surface area (Å²) in [5, 5.41) is 5.00. The third-order valence-corrected chi connectivity index (χ3v) is 5.04. The van der Waals surface area contributed by atoms with E-state index in [0.29, 0.717) is 48.6 Å². The molecule has 1 amide bonds. The number of benzene rings is 1. The average Bonchev–Trinajstić information content (AvgIpc) is 3.22. The van der Waals surface area contributed by atoms with Crippen LogP contribution in [0.25, 0.3) is 22.3 Å². The van der Waals surface area contributed by atoms with Gasteiger partial charge in [-0.3, -0.25) is 4.79 Å². The van der Waals surface area contributed by atoms with Crippen molar-refractivity contribution >= 4 is 22.9 Å². The summed E-state index contributed by atoms with van der Waals surface area (Å²) in [5.41, 5.74) is 2.49. The van der Waals surface area contributed by atoms with Crippen molar-refractivity contribution in [1.29, 1.82) is 0 Å². The van der Waals surface area contributed by atoms with E-state index in [2.05, 4.69) is 5.10 Å². The van der Waals surface area contributed by atoms with Crippen molar-refractivity contribution in [2.45, 2.75) is 19.9 Å². The molecule has 0 saturated carbocycles. The number of hydrogen-bond acceptors (Lipinski definition) is 6. The number of carbonyl (C=O) groups is 2. The van der Waals surface area contributed by atoms with E-state index in [9.17, 15) is 9.59 Å². The van der Waals surface area contributed by atoms with E-state index in [4.69, 9.17) is 14.5 Å². The summed E-state index contributed by atoms with van der Waals surface area (Å²) in [5.74, 6) is -0.789. The van der Waals surface area contributed by atoms with Gasteiger partial charge >= 0.3 is 5.97 Å². The van der Waals surface area contributed by atoms with Crippen molar-refractivity contribution in [2.75, 3.05) is 32.9 Å². The second-order valence-electron chi connectivity index (χ2n) is 7.41. The fourth-order valence-electron chi connectivity index (χ4n) is 3.43. The van der Waals surface area contributed by atoms with Crippen LogP contribution in [0.1, 0.15) is 30.2 Å². The Labute approximate surface area is 174 Å². The first kappa shape index (κ1) is 20.0. The predicted octanol–water partition coefficient (Wildman–Crippen LogP) is 2.69. The van der Waals surface area contributed by atoms with E-state index < -0.39 is 5.97 Å². The largest absolute Gasteiger partial charge is 0.452 e. The molecule has 1 aromatic carbocycles. The fourth-order valence-corrected chi connectivity index (χ4v) is 3.43. The molecule has 0 bridgehead atoms. The Morgan fingerprint density at radius 2 is 1.90 bits per heavy atom. The van der Waals surface area contributed by atoms with Gasteiger partial charge in [-0.15, -0.1) is 0 Å². The van der Waals surface area contributed by atoms with Gasteiger partial charge in [0.1, 0.15) is 0 Å². The van der Waals surface area contributed by atoms with E-state index in [1.54, 1.807) is 21.8 Å². The summed E-state index contributed by atoms with van der Waals surface area (Å²) < 4.78 is 12.4. The minimum absolute atomic E-state index is 0.0767. The van der Waals surface area contributed by atoms with Gasteiger partial charge in [0, 0.05) is 24.7 Å². The number of rotatable bonds is 5. The maximum Gasteiger partial charge on any atom is 0.339 e. The molecular formula is C22H24N4O4. The van der Waals surface area contributed by atoms with Crippen LogP contribution < -0.4 is 0 Å². The van der Waals surface area contributed by atoms with Crippen molar-refractivity contribution in [1.82, 2.24) is 19.7 Å². The van der Waals surface area contributed by atoms with Crippen LogP contribution in [-0.4, -0.2) is 64.5 Å². The molecule has 2 aromatic heterocycles. The van der Waals surface area contributed by atoms with Crippen molar-refractivity contribution < 1.29 is 19.1 Å². The van der Waals surface area contributed by atoms with Crippen LogP contribution in [0.5, 0.6) is 0 Å². The van der Waals surface area contributed by atoms with E-state index in [-0.39, 0.29) is 18.6 Å². The lowest BCUT2D eigenvalue weighted by Gasteiger charge is -2.26. The summed E-state index contributed by atoms with van der Waals surface area (Å²) in [7, 11) is 0. The highest BCUT2D eigenvalue weighted by Gasteiger charge is 2.22. The zero-order valence-corrected chi connectivity index (χ0v) is 17.1. The minimum atomic E-state index is -0.565. The van der Waals surface area contributed by atoms with Gasteiger partial charge in [-0.25, -0.2) is 14.5 Å². The maximum atomic E-state index is 12.9. The zero-order chi connectivity index (χ0) is 21.1. The highest BCUT2D eigenvalue weighted by molar-refractivity contribution is 6.04. The number of amides is 1. The quantitative estimate of drug-likeness (QED) is 0.604. The molecule has 4 rings (SSSR count). The molecule has 1 aliphatic rings. The van der Waals surface area contributed by atoms with Crippen LogP contribution in [0, 0.1) is 0 Å². The Hall–Kier alpha value is -3.26. The Bertz CT molecular complexity index is 1060. The molecule has 1 aliphatic heterocycles. The van der Waals surface area contributed by atoms with Gasteiger partial charge in [-0.05, 0) is 19.9 Å². The normalized spacial score (nSPS) is 14.3.